The zero-order chi connectivity index (χ0) is 25.0. The molecule has 1 saturated heterocycles. The van der Waals surface area contributed by atoms with Gasteiger partial charge in [0.15, 0.2) is 0 Å². The Morgan fingerprint density at radius 2 is 1.72 bits per heavy atom. The molecule has 5 heteroatoms. The lowest BCUT2D eigenvalue weighted by Crippen LogP contribution is -2.61. The van der Waals surface area contributed by atoms with Crippen LogP contribution in [0.25, 0.3) is 0 Å². The van der Waals surface area contributed by atoms with E-state index in [1.807, 2.05) is 6.07 Å². The Labute approximate surface area is 222 Å². The van der Waals surface area contributed by atoms with Gasteiger partial charge in [0, 0.05) is 30.8 Å². The van der Waals surface area contributed by atoms with Gasteiger partial charge in [-0.1, -0.05) is 51.0 Å². The van der Waals surface area contributed by atoms with Gasteiger partial charge < -0.3 is 4.74 Å². The van der Waals surface area contributed by atoms with Crippen molar-refractivity contribution in [1.82, 2.24) is 4.90 Å². The molecule has 1 aromatic rings. The molecule has 4 nitrogen and oxygen atoms in total. The number of benzene rings is 1. The van der Waals surface area contributed by atoms with Crippen LogP contribution in [0.4, 0.5) is 0 Å². The van der Waals surface area contributed by atoms with Gasteiger partial charge in [-0.15, -0.1) is 0 Å². The molecule has 36 heavy (non-hydrogen) atoms. The number of likely N-dealkylation sites (tertiary alicyclic amines) is 1. The molecule has 0 spiro atoms. The smallest absolute Gasteiger partial charge is 0.311 e. The lowest BCUT2D eigenvalue weighted by atomic mass is 9.52. The van der Waals surface area contributed by atoms with Gasteiger partial charge in [-0.3, -0.25) is 14.5 Å². The summed E-state index contributed by atoms with van der Waals surface area (Å²) < 4.78 is 5.86. The minimum atomic E-state index is -0.243. The summed E-state index contributed by atoms with van der Waals surface area (Å²) in [6.45, 7) is 2.55. The summed E-state index contributed by atoms with van der Waals surface area (Å²) in [6.07, 6.45) is 19.0. The van der Waals surface area contributed by atoms with E-state index in [1.54, 1.807) is 0 Å². The number of fused-ring (bicyclic) bond motifs is 1. The number of nitrogens with zero attached hydrogens (tertiary/aromatic N) is 1. The number of hydrogen-bond acceptors (Lipinski definition) is 4. The molecule has 198 valence electrons. The lowest BCUT2D eigenvalue weighted by molar-refractivity contribution is -0.134. The first-order valence-corrected chi connectivity index (χ1v) is 15.2. The van der Waals surface area contributed by atoms with E-state index >= 15 is 0 Å². The molecule has 0 aromatic heterocycles. The number of carbonyl (C=O) groups excluding carboxylic acids is 2. The third-order valence-electron chi connectivity index (χ3n) is 9.88. The van der Waals surface area contributed by atoms with E-state index < -0.39 is 0 Å². The lowest BCUT2D eigenvalue weighted by Gasteiger charge is -2.59. The number of rotatable bonds is 12. The van der Waals surface area contributed by atoms with Crippen LogP contribution >= 0.6 is 11.6 Å². The fraction of sp³-hybridized carbons (Fsp3) is 0.742. The summed E-state index contributed by atoms with van der Waals surface area (Å²) >= 11 is 5.38. The molecule has 0 unspecified atom stereocenters. The first kappa shape index (κ1) is 26.2. The predicted molar refractivity (Wildman–Crippen MR) is 145 cm³/mol. The Kier molecular flexibility index (Phi) is 8.73. The normalized spacial score (nSPS) is 27.6. The van der Waals surface area contributed by atoms with Crippen molar-refractivity contribution in [2.75, 3.05) is 13.1 Å². The summed E-state index contributed by atoms with van der Waals surface area (Å²) in [4.78, 5) is 26.2. The molecule has 0 radical (unpaired) electrons. The standard InChI is InChI=1S/C31H44ClNO3/c32-29(34)13-5-3-1-2-4-6-14-30(35)36-25-16-15-24-20-28-26-12-7-8-17-31(26,27(24)21-25)18-19-33(28)22-23-10-9-11-23/h15-16,21,23,26,28H,1-14,17-20,22H2/t26-,28+,31+/m0/s1. The highest BCUT2D eigenvalue weighted by Crippen LogP contribution is 2.56. The van der Waals surface area contributed by atoms with Crippen molar-refractivity contribution in [1.29, 1.82) is 0 Å². The average molecular weight is 514 g/mol. The van der Waals surface area contributed by atoms with Gasteiger partial charge in [-0.2, -0.15) is 0 Å². The topological polar surface area (TPSA) is 46.6 Å². The van der Waals surface area contributed by atoms with E-state index in [1.165, 1.54) is 82.0 Å². The highest BCUT2D eigenvalue weighted by atomic mass is 35.5. The molecule has 3 atom stereocenters. The zero-order valence-corrected chi connectivity index (χ0v) is 22.7. The van der Waals surface area contributed by atoms with Crippen LogP contribution in [-0.4, -0.2) is 35.2 Å². The SMILES string of the molecule is O=C(Cl)CCCCCCCCC(=O)Oc1ccc2c(c1)[C@@]13CCCC[C@H]1[C@@H](C2)N(CC1CCC1)CC3. The molecule has 2 saturated carbocycles. The molecule has 1 aliphatic heterocycles. The number of ether oxygens (including phenoxy) is 1. The fourth-order valence-electron chi connectivity index (χ4n) is 7.78. The maximum Gasteiger partial charge on any atom is 0.311 e. The van der Waals surface area contributed by atoms with E-state index in [0.29, 0.717) is 24.3 Å². The van der Waals surface area contributed by atoms with Gasteiger partial charge in [0.05, 0.1) is 0 Å². The van der Waals surface area contributed by atoms with E-state index in [9.17, 15) is 9.59 Å². The Balaban J connectivity index is 1.16. The van der Waals surface area contributed by atoms with Crippen molar-refractivity contribution in [3.8, 4) is 5.75 Å². The van der Waals surface area contributed by atoms with Gasteiger partial charge >= 0.3 is 5.97 Å². The first-order chi connectivity index (χ1) is 17.5. The van der Waals surface area contributed by atoms with Crippen molar-refractivity contribution in [2.45, 2.75) is 121 Å². The summed E-state index contributed by atoms with van der Waals surface area (Å²) in [5.74, 6) is 2.34. The largest absolute Gasteiger partial charge is 0.427 e. The molecular formula is C31H44ClNO3. The summed E-state index contributed by atoms with van der Waals surface area (Å²) in [7, 11) is 0. The van der Waals surface area contributed by atoms with Crippen LogP contribution in [0.3, 0.4) is 0 Å². The molecule has 0 N–H and O–H groups in total. The number of esters is 1. The molecule has 2 bridgehead atoms. The minimum absolute atomic E-state index is 0.107. The van der Waals surface area contributed by atoms with Crippen LogP contribution in [0.1, 0.15) is 114 Å². The summed E-state index contributed by atoms with van der Waals surface area (Å²) in [6, 6.07) is 7.27. The minimum Gasteiger partial charge on any atom is -0.427 e. The third kappa shape index (κ3) is 5.85. The molecule has 1 heterocycles. The Hall–Kier alpha value is -1.39. The number of halogens is 1. The van der Waals surface area contributed by atoms with Gasteiger partial charge in [0.1, 0.15) is 5.75 Å². The first-order valence-electron chi connectivity index (χ1n) is 14.8. The second-order valence-electron chi connectivity index (χ2n) is 12.1. The third-order valence-corrected chi connectivity index (χ3v) is 10.1. The van der Waals surface area contributed by atoms with Crippen LogP contribution in [0, 0.1) is 11.8 Å². The second-order valence-corrected chi connectivity index (χ2v) is 12.5. The van der Waals surface area contributed by atoms with E-state index in [0.717, 1.165) is 56.1 Å². The second kappa shape index (κ2) is 12.0. The Morgan fingerprint density at radius 3 is 2.47 bits per heavy atom. The highest BCUT2D eigenvalue weighted by Gasteiger charge is 2.54. The van der Waals surface area contributed by atoms with Crippen molar-refractivity contribution < 1.29 is 14.3 Å². The van der Waals surface area contributed by atoms with E-state index in [4.69, 9.17) is 16.3 Å². The Bertz CT molecular complexity index is 928. The molecule has 3 fully saturated rings. The van der Waals surface area contributed by atoms with Crippen molar-refractivity contribution in [3.05, 3.63) is 29.3 Å². The van der Waals surface area contributed by atoms with Crippen molar-refractivity contribution in [2.24, 2.45) is 11.8 Å². The van der Waals surface area contributed by atoms with Crippen LogP contribution in [-0.2, 0) is 21.4 Å². The number of hydrogen-bond donors (Lipinski definition) is 0. The quantitative estimate of drug-likeness (QED) is 0.127. The maximum absolute atomic E-state index is 12.6. The van der Waals surface area contributed by atoms with Crippen molar-refractivity contribution >= 4 is 22.8 Å². The molecule has 0 amide bonds. The van der Waals surface area contributed by atoms with Crippen LogP contribution in [0.15, 0.2) is 18.2 Å². The molecule has 1 aromatic carbocycles. The number of piperidine rings is 1. The van der Waals surface area contributed by atoms with Gasteiger partial charge in [-0.05, 0) is 105 Å². The zero-order valence-electron chi connectivity index (χ0n) is 21.9. The summed E-state index contributed by atoms with van der Waals surface area (Å²) in [5, 5.41) is -0.243. The van der Waals surface area contributed by atoms with E-state index in [-0.39, 0.29) is 11.2 Å². The van der Waals surface area contributed by atoms with Gasteiger partial charge in [0.2, 0.25) is 5.24 Å². The Morgan fingerprint density at radius 1 is 0.944 bits per heavy atom. The molecule has 5 rings (SSSR count). The van der Waals surface area contributed by atoms with Crippen molar-refractivity contribution in [3.63, 3.8) is 0 Å². The van der Waals surface area contributed by atoms with E-state index in [2.05, 4.69) is 17.0 Å². The van der Waals surface area contributed by atoms with Crippen LogP contribution in [0.2, 0.25) is 0 Å². The molecule has 4 aliphatic rings. The van der Waals surface area contributed by atoms with Crippen LogP contribution < -0.4 is 4.74 Å². The van der Waals surface area contributed by atoms with Gasteiger partial charge in [-0.25, -0.2) is 0 Å². The average Bonchev–Trinajstić information content (AvgIpc) is 2.84. The maximum atomic E-state index is 12.6. The van der Waals surface area contributed by atoms with Gasteiger partial charge in [0.25, 0.3) is 0 Å². The summed E-state index contributed by atoms with van der Waals surface area (Å²) in [5.41, 5.74) is 3.31. The molecular weight excluding hydrogens is 470 g/mol. The molecule has 3 aliphatic carbocycles. The monoisotopic (exact) mass is 513 g/mol. The number of carbonyl (C=O) groups is 2. The predicted octanol–water partition coefficient (Wildman–Crippen LogP) is 7.34. The highest BCUT2D eigenvalue weighted by molar-refractivity contribution is 6.63. The fourth-order valence-corrected chi connectivity index (χ4v) is 7.92. The number of unbranched alkanes of at least 4 members (excludes halogenated alkanes) is 5. The van der Waals surface area contributed by atoms with Crippen LogP contribution in [0.5, 0.6) is 5.75 Å².